The molecule has 0 unspecified atom stereocenters. The van der Waals surface area contributed by atoms with Crippen LogP contribution in [-0.2, 0) is 19.3 Å². The summed E-state index contributed by atoms with van der Waals surface area (Å²) in [6, 6.07) is 32.7. The van der Waals surface area contributed by atoms with Crippen molar-refractivity contribution < 1.29 is 100 Å². The van der Waals surface area contributed by atoms with Crippen LogP contribution in [0.4, 0.5) is 0 Å². The number of nitrogens with one attached hydrogen (secondary N) is 3. The Kier molecular flexibility index (Phi) is 29.3. The number of nitriles is 1. The number of H-pyrrole nitrogens is 3. The van der Waals surface area contributed by atoms with E-state index in [4.69, 9.17) is 30.8 Å². The van der Waals surface area contributed by atoms with Gasteiger partial charge in [-0.2, -0.15) is 25.5 Å². The molecule has 7 rings (SSSR count). The molecule has 7 aromatic rings. The molecule has 0 aliphatic carbocycles. The van der Waals surface area contributed by atoms with Crippen molar-refractivity contribution in [3.05, 3.63) is 157 Å². The zero-order valence-electron chi connectivity index (χ0n) is 35.8. The average molecular weight is 910 g/mol. The fourth-order valence-corrected chi connectivity index (χ4v) is 4.31. The molecule has 0 amide bonds. The Morgan fingerprint density at radius 3 is 1.37 bits per heavy atom. The van der Waals surface area contributed by atoms with Crippen molar-refractivity contribution in [2.45, 2.75) is 28.2 Å². The van der Waals surface area contributed by atoms with Gasteiger partial charge in [0.2, 0.25) is 11.7 Å². The maximum Gasteiger partial charge on any atom is 1.00 e. The first-order chi connectivity index (χ1) is 29.3. The van der Waals surface area contributed by atoms with Crippen LogP contribution in [0, 0.1) is 18.3 Å². The number of carbonyl (C=O) groups excluding carboxylic acids is 3. The van der Waals surface area contributed by atoms with Gasteiger partial charge in [-0.15, -0.1) is 0 Å². The summed E-state index contributed by atoms with van der Waals surface area (Å²) < 4.78 is 4.93. The summed E-state index contributed by atoms with van der Waals surface area (Å²) in [6.45, 7) is 4.07. The van der Waals surface area contributed by atoms with Gasteiger partial charge in [0.1, 0.15) is 0 Å². The second-order valence-electron chi connectivity index (χ2n) is 11.7. The second-order valence-corrected chi connectivity index (χ2v) is 11.7. The Morgan fingerprint density at radius 1 is 0.738 bits per heavy atom. The third kappa shape index (κ3) is 20.8. The monoisotopic (exact) mass is 909 g/mol. The number of nitrogens with two attached hydrogens (primary N) is 1. The van der Waals surface area contributed by atoms with Crippen molar-refractivity contribution >= 4 is 23.9 Å². The van der Waals surface area contributed by atoms with Crippen molar-refractivity contribution in [3.8, 4) is 51.2 Å². The van der Waals surface area contributed by atoms with E-state index in [1.165, 1.54) is 32.0 Å². The zero-order valence-corrected chi connectivity index (χ0v) is 38.8. The van der Waals surface area contributed by atoms with Crippen molar-refractivity contribution in [2.75, 3.05) is 0 Å². The molecular weight excluding hydrogens is 868 g/mol. The van der Waals surface area contributed by atoms with Gasteiger partial charge in [-0.3, -0.25) is 28.8 Å². The SMILES string of the molecule is C.CC(=O)C(C)=O.Cc1nc(-c2ccc(-c3ccc(=O)[nH]n3)cc2)no1.N#Cc1ccc(-c2ccc(=O)[nH]n2)cc1.N/C(=N\O)c1ccc(-c2ccc(=O)[nH]n2)cc1.O.O=CO[O-].[H-].[Na+].[Na+]. The van der Waals surface area contributed by atoms with Gasteiger partial charge in [-0.05, 0) is 30.3 Å². The standard InChI is InChI=1S/C13H10N4O2.C11H10N4O2.C11H7N3O.C4H6O2.CH2O3.CH4.2Na.H2O.H/c1-8-14-13(17-19-8)10-4-2-9(3-5-10)11-6-7-12(18)16-15-11;12-11(15-17)8-3-1-7(2-4-8)9-5-6-10(16)14-13-9;12-7-8-1-3-9(4-2-8)10-5-6-11(15)14-13-10;1-3(5)4(2)6;2-1-4-3;;;;;/h2-7H,1H3,(H,16,18);1-6,17H,(H2,12,15)(H,14,16);1-6H,(H,14,15);1-2H3;1,3H;1H4;;;1H2;/q;;;;;;2*+1;;-1/p-1. The Morgan fingerprint density at radius 2 is 1.09 bits per heavy atom. The second kappa shape index (κ2) is 31.7. The number of nitrogens with zero attached hydrogens (tertiary/aromatic N) is 7. The minimum absolute atomic E-state index is 0. The molecule has 0 spiro atoms. The molecule has 22 nitrogen and oxygen atoms in total. The molecule has 0 fully saturated rings. The predicted molar refractivity (Wildman–Crippen MR) is 226 cm³/mol. The fraction of sp³-hybridized carbons (Fsp3) is 0.0976. The topological polar surface area (TPSA) is 374 Å². The first-order valence-electron chi connectivity index (χ1n) is 17.2. The van der Waals surface area contributed by atoms with Gasteiger partial charge in [0.15, 0.2) is 17.4 Å². The molecule has 8 N–H and O–H groups in total. The van der Waals surface area contributed by atoms with Gasteiger partial charge in [-0.1, -0.05) is 78.4 Å². The Labute approximate surface area is 414 Å². The van der Waals surface area contributed by atoms with E-state index in [-0.39, 0.29) is 114 Å². The van der Waals surface area contributed by atoms with Crippen LogP contribution in [0.2, 0.25) is 0 Å². The minimum atomic E-state index is -0.380. The van der Waals surface area contributed by atoms with Crippen LogP contribution in [0.1, 0.15) is 39.7 Å². The number of ketones is 2. The summed E-state index contributed by atoms with van der Waals surface area (Å²) in [7, 11) is 0. The van der Waals surface area contributed by atoms with Crippen molar-refractivity contribution in [1.29, 1.82) is 5.26 Å². The van der Waals surface area contributed by atoms with E-state index in [0.29, 0.717) is 39.9 Å². The van der Waals surface area contributed by atoms with Crippen LogP contribution in [0.15, 0.2) is 133 Å². The molecule has 0 bridgehead atoms. The number of oxime groups is 1. The largest absolute Gasteiger partial charge is 1.00 e. The number of aromatic amines is 3. The van der Waals surface area contributed by atoms with Crippen LogP contribution >= 0.6 is 0 Å². The molecule has 0 aliphatic heterocycles. The predicted octanol–water partition coefficient (Wildman–Crippen LogP) is -3.83. The van der Waals surface area contributed by atoms with E-state index in [9.17, 15) is 24.0 Å². The molecule has 3 aromatic carbocycles. The molecule has 0 aliphatic rings. The third-order valence-corrected chi connectivity index (χ3v) is 7.43. The molecule has 0 atom stereocenters. The molecule has 0 saturated heterocycles. The summed E-state index contributed by atoms with van der Waals surface area (Å²) in [5.74, 6) is 0.371. The van der Waals surface area contributed by atoms with Gasteiger partial charge in [-0.25, -0.2) is 15.3 Å². The summed E-state index contributed by atoms with van der Waals surface area (Å²) in [6.07, 6.45) is 0. The van der Waals surface area contributed by atoms with Crippen molar-refractivity contribution in [3.63, 3.8) is 0 Å². The van der Waals surface area contributed by atoms with Crippen LogP contribution in [0.3, 0.4) is 0 Å². The van der Waals surface area contributed by atoms with Crippen LogP contribution in [0.25, 0.3) is 45.2 Å². The van der Waals surface area contributed by atoms with Gasteiger partial charge < -0.3 is 32.5 Å². The molecular formula is C41H41N11Na2O11. The molecule has 4 aromatic heterocycles. The normalized spacial score (nSPS) is 9.31. The molecule has 24 heteroatoms. The molecule has 0 saturated carbocycles. The average Bonchev–Trinajstić information content (AvgIpc) is 3.74. The Balaban J connectivity index is -0.000000794. The number of amidine groups is 1. The molecule has 0 radical (unpaired) electrons. The first-order valence-corrected chi connectivity index (χ1v) is 17.2. The number of Topliss-reactive ketones (excluding diaryl/α,β-unsaturated/α-hetero) is 2. The van der Waals surface area contributed by atoms with Gasteiger partial charge >= 0.3 is 59.1 Å². The zero-order chi connectivity index (χ0) is 44.7. The van der Waals surface area contributed by atoms with Gasteiger partial charge in [0, 0.05) is 66.8 Å². The number of rotatable bonds is 7. The number of carbonyl (C=O) groups is 3. The summed E-state index contributed by atoms with van der Waals surface area (Å²) >= 11 is 0. The van der Waals surface area contributed by atoms with Crippen LogP contribution in [-0.4, -0.2) is 75.3 Å². The van der Waals surface area contributed by atoms with Crippen LogP contribution < -0.4 is 86.8 Å². The third-order valence-electron chi connectivity index (χ3n) is 7.43. The summed E-state index contributed by atoms with van der Waals surface area (Å²) in [4.78, 5) is 67.6. The summed E-state index contributed by atoms with van der Waals surface area (Å²) in [5, 5.41) is 51.2. The number of aromatic nitrogens is 8. The maximum atomic E-state index is 10.9. The fourth-order valence-electron chi connectivity index (χ4n) is 4.31. The van der Waals surface area contributed by atoms with Crippen molar-refractivity contribution in [1.82, 2.24) is 40.7 Å². The summed E-state index contributed by atoms with van der Waals surface area (Å²) in [5.41, 5.74) is 11.5. The number of benzene rings is 3. The van der Waals surface area contributed by atoms with E-state index in [0.717, 1.165) is 22.3 Å². The number of hydrogen-bond donors (Lipinski definition) is 5. The van der Waals surface area contributed by atoms with E-state index in [1.807, 2.05) is 30.3 Å². The molecule has 4 heterocycles. The smallest absolute Gasteiger partial charge is 1.00 e. The van der Waals surface area contributed by atoms with Crippen LogP contribution in [0.5, 0.6) is 0 Å². The Bertz CT molecular complexity index is 2720. The number of aryl methyl sites for hydroxylation is 1. The van der Waals surface area contributed by atoms with Crippen molar-refractivity contribution in [2.24, 2.45) is 10.9 Å². The first kappa shape index (κ1) is 60.0. The molecule has 328 valence electrons. The maximum absolute atomic E-state index is 10.9. The van der Waals surface area contributed by atoms with E-state index >= 15 is 0 Å². The van der Waals surface area contributed by atoms with Gasteiger partial charge in [0.25, 0.3) is 23.2 Å². The minimum Gasteiger partial charge on any atom is -1.00 e. The molecule has 65 heavy (non-hydrogen) atoms. The quantitative estimate of drug-likeness (QED) is 0.0149. The Hall–Kier alpha value is -7.07. The van der Waals surface area contributed by atoms with E-state index < -0.39 is 0 Å². The number of hydrogen-bond acceptors (Lipinski definition) is 17. The van der Waals surface area contributed by atoms with E-state index in [2.05, 4.69) is 50.8 Å². The van der Waals surface area contributed by atoms with Gasteiger partial charge in [0.05, 0.1) is 28.7 Å². The van der Waals surface area contributed by atoms with E-state index in [1.54, 1.807) is 73.7 Å².